The Morgan fingerprint density at radius 1 is 1.21 bits per heavy atom. The van der Waals surface area contributed by atoms with Gasteiger partial charge in [-0.05, 0) is 73.1 Å². The van der Waals surface area contributed by atoms with Gasteiger partial charge in [-0.3, -0.25) is 0 Å². The SMILES string of the molecule is COc1ccc2c(c1)CCC1C2CCC2(C)C(=NO)C(=NO)CC12. The third-order valence-electron chi connectivity index (χ3n) is 6.77. The van der Waals surface area contributed by atoms with Crippen LogP contribution in [0.25, 0.3) is 0 Å². The second-order valence-electron chi connectivity index (χ2n) is 7.64. The highest BCUT2D eigenvalue weighted by atomic mass is 16.5. The molecule has 2 fully saturated rings. The number of aryl methyl sites for hydroxylation is 1. The predicted octanol–water partition coefficient (Wildman–Crippen LogP) is 3.82. The third kappa shape index (κ3) is 2.00. The quantitative estimate of drug-likeness (QED) is 0.608. The summed E-state index contributed by atoms with van der Waals surface area (Å²) < 4.78 is 5.37. The molecule has 1 aromatic carbocycles. The second kappa shape index (κ2) is 5.50. The van der Waals surface area contributed by atoms with Crippen molar-refractivity contribution in [2.45, 2.75) is 44.9 Å². The van der Waals surface area contributed by atoms with E-state index < -0.39 is 0 Å². The van der Waals surface area contributed by atoms with Gasteiger partial charge in [0.15, 0.2) is 0 Å². The van der Waals surface area contributed by atoms with Crippen molar-refractivity contribution in [1.29, 1.82) is 0 Å². The van der Waals surface area contributed by atoms with E-state index in [1.165, 1.54) is 11.1 Å². The number of fused-ring (bicyclic) bond motifs is 5. The maximum absolute atomic E-state index is 9.47. The van der Waals surface area contributed by atoms with Crippen molar-refractivity contribution in [3.05, 3.63) is 29.3 Å². The molecule has 0 saturated heterocycles. The summed E-state index contributed by atoms with van der Waals surface area (Å²) in [6.07, 6.45) is 4.93. The van der Waals surface area contributed by atoms with Gasteiger partial charge in [0.05, 0.1) is 7.11 Å². The maximum atomic E-state index is 9.47. The lowest BCUT2D eigenvalue weighted by Crippen LogP contribution is -2.42. The van der Waals surface area contributed by atoms with E-state index >= 15 is 0 Å². The van der Waals surface area contributed by atoms with Gasteiger partial charge < -0.3 is 15.2 Å². The molecule has 2 saturated carbocycles. The highest BCUT2D eigenvalue weighted by molar-refractivity contribution is 6.46. The Labute approximate surface area is 142 Å². The zero-order valence-electron chi connectivity index (χ0n) is 14.2. The average Bonchev–Trinajstić information content (AvgIpc) is 2.92. The molecule has 0 bridgehead atoms. The fourth-order valence-corrected chi connectivity index (χ4v) is 5.57. The van der Waals surface area contributed by atoms with E-state index in [0.29, 0.717) is 35.6 Å². The van der Waals surface area contributed by atoms with Crippen molar-refractivity contribution in [3.8, 4) is 5.75 Å². The van der Waals surface area contributed by atoms with Gasteiger partial charge in [0, 0.05) is 5.41 Å². The molecule has 1 aromatic rings. The zero-order chi connectivity index (χ0) is 16.9. The summed E-state index contributed by atoms with van der Waals surface area (Å²) in [7, 11) is 1.71. The first-order chi connectivity index (χ1) is 11.6. The van der Waals surface area contributed by atoms with E-state index in [0.717, 1.165) is 31.4 Å². The lowest BCUT2D eigenvalue weighted by molar-refractivity contribution is 0.0963. The minimum absolute atomic E-state index is 0.179. The van der Waals surface area contributed by atoms with Crippen molar-refractivity contribution in [2.75, 3.05) is 7.11 Å². The summed E-state index contributed by atoms with van der Waals surface area (Å²) in [5.41, 5.74) is 3.83. The molecule has 0 aliphatic heterocycles. The van der Waals surface area contributed by atoms with Crippen molar-refractivity contribution in [2.24, 2.45) is 27.6 Å². The molecule has 0 spiro atoms. The highest BCUT2D eigenvalue weighted by Gasteiger charge is 2.56. The van der Waals surface area contributed by atoms with Crippen LogP contribution < -0.4 is 4.74 Å². The summed E-state index contributed by atoms with van der Waals surface area (Å²) in [6, 6.07) is 6.46. The van der Waals surface area contributed by atoms with E-state index in [9.17, 15) is 10.4 Å². The van der Waals surface area contributed by atoms with E-state index in [4.69, 9.17) is 4.74 Å². The van der Waals surface area contributed by atoms with Crippen LogP contribution in [-0.2, 0) is 6.42 Å². The van der Waals surface area contributed by atoms with Crippen LogP contribution in [0.15, 0.2) is 28.5 Å². The lowest BCUT2D eigenvalue weighted by atomic mass is 9.55. The Morgan fingerprint density at radius 3 is 2.75 bits per heavy atom. The summed E-state index contributed by atoms with van der Waals surface area (Å²) >= 11 is 0. The van der Waals surface area contributed by atoms with Crippen molar-refractivity contribution < 1.29 is 15.2 Å². The third-order valence-corrected chi connectivity index (χ3v) is 6.77. The number of ether oxygens (including phenoxy) is 1. The largest absolute Gasteiger partial charge is 0.497 e. The fraction of sp³-hybridized carbons (Fsp3) is 0.579. The Kier molecular flexibility index (Phi) is 3.55. The summed E-state index contributed by atoms with van der Waals surface area (Å²) in [4.78, 5) is 0. The van der Waals surface area contributed by atoms with E-state index in [2.05, 4.69) is 35.4 Å². The number of oxime groups is 2. The second-order valence-corrected chi connectivity index (χ2v) is 7.64. The maximum Gasteiger partial charge on any atom is 0.119 e. The average molecular weight is 328 g/mol. The minimum Gasteiger partial charge on any atom is -0.497 e. The van der Waals surface area contributed by atoms with E-state index in [1.54, 1.807) is 7.11 Å². The number of hydrogen-bond acceptors (Lipinski definition) is 5. The van der Waals surface area contributed by atoms with Crippen LogP contribution in [0.3, 0.4) is 0 Å². The first-order valence-electron chi connectivity index (χ1n) is 8.73. The van der Waals surface area contributed by atoms with Gasteiger partial charge in [0.2, 0.25) is 0 Å². The first-order valence-corrected chi connectivity index (χ1v) is 8.73. The van der Waals surface area contributed by atoms with E-state index in [-0.39, 0.29) is 5.41 Å². The molecule has 0 radical (unpaired) electrons. The standard InChI is InChI=1S/C19H24N2O3/c1-19-8-7-14-13-6-4-12(24-2)9-11(13)3-5-15(14)16(19)10-17(20-22)18(19)21-23/h4,6,9,14-16,22-23H,3,5,7-8,10H2,1-2H3. The molecular weight excluding hydrogens is 304 g/mol. The highest BCUT2D eigenvalue weighted by Crippen LogP contribution is 2.59. The molecule has 4 unspecified atom stereocenters. The Balaban J connectivity index is 1.72. The van der Waals surface area contributed by atoms with Gasteiger partial charge in [-0.1, -0.05) is 23.3 Å². The van der Waals surface area contributed by atoms with Crippen molar-refractivity contribution in [3.63, 3.8) is 0 Å². The summed E-state index contributed by atoms with van der Waals surface area (Å²) in [5.74, 6) is 2.39. The number of hydrogen-bond donors (Lipinski definition) is 2. The van der Waals surface area contributed by atoms with E-state index in [1.807, 2.05) is 0 Å². The van der Waals surface area contributed by atoms with Crippen LogP contribution in [0, 0.1) is 17.3 Å². The van der Waals surface area contributed by atoms with Gasteiger partial charge >= 0.3 is 0 Å². The molecule has 0 aromatic heterocycles. The lowest BCUT2D eigenvalue weighted by Gasteiger charge is -2.48. The molecular formula is C19H24N2O3. The Hall–Kier alpha value is -2.04. The molecule has 3 aliphatic carbocycles. The molecule has 0 amide bonds. The number of nitrogens with zero attached hydrogens (tertiary/aromatic N) is 2. The number of rotatable bonds is 1. The van der Waals surface area contributed by atoms with Gasteiger partial charge in [-0.15, -0.1) is 0 Å². The predicted molar refractivity (Wildman–Crippen MR) is 91.4 cm³/mol. The van der Waals surface area contributed by atoms with Crippen LogP contribution in [0.2, 0.25) is 0 Å². The van der Waals surface area contributed by atoms with Crippen LogP contribution in [0.1, 0.15) is 49.7 Å². The molecule has 3 aliphatic rings. The first kappa shape index (κ1) is 15.5. The molecule has 24 heavy (non-hydrogen) atoms. The molecule has 5 nitrogen and oxygen atoms in total. The van der Waals surface area contributed by atoms with Gasteiger partial charge in [-0.25, -0.2) is 0 Å². The fourth-order valence-electron chi connectivity index (χ4n) is 5.57. The molecule has 4 atom stereocenters. The number of methoxy groups -OCH3 is 1. The molecule has 4 rings (SSSR count). The molecule has 5 heteroatoms. The van der Waals surface area contributed by atoms with Crippen LogP contribution in [-0.4, -0.2) is 28.9 Å². The molecule has 128 valence electrons. The van der Waals surface area contributed by atoms with Crippen molar-refractivity contribution >= 4 is 11.4 Å². The molecule has 0 heterocycles. The topological polar surface area (TPSA) is 74.4 Å². The zero-order valence-corrected chi connectivity index (χ0v) is 14.2. The van der Waals surface area contributed by atoms with Gasteiger partial charge in [-0.2, -0.15) is 0 Å². The Morgan fingerprint density at radius 2 is 2.04 bits per heavy atom. The van der Waals surface area contributed by atoms with Crippen molar-refractivity contribution in [1.82, 2.24) is 0 Å². The number of benzene rings is 1. The summed E-state index contributed by atoms with van der Waals surface area (Å²) in [6.45, 7) is 2.17. The monoisotopic (exact) mass is 328 g/mol. The van der Waals surface area contributed by atoms with Gasteiger partial charge in [0.1, 0.15) is 17.2 Å². The Bertz CT molecular complexity index is 727. The summed E-state index contributed by atoms with van der Waals surface area (Å²) in [5, 5.41) is 25.7. The normalized spacial score (nSPS) is 37.8. The van der Waals surface area contributed by atoms with Gasteiger partial charge in [0.25, 0.3) is 0 Å². The molecule has 2 N–H and O–H groups in total. The smallest absolute Gasteiger partial charge is 0.119 e. The minimum atomic E-state index is -0.179. The van der Waals surface area contributed by atoms with Crippen LogP contribution in [0.4, 0.5) is 0 Å². The van der Waals surface area contributed by atoms with Crippen LogP contribution in [0.5, 0.6) is 5.75 Å². The van der Waals surface area contributed by atoms with Crippen LogP contribution >= 0.6 is 0 Å².